The number of aromatic nitrogens is 1. The minimum Gasteiger partial charge on any atom is -0.465 e. The smallest absolute Gasteiger partial charge is 0.412 e. The van der Waals surface area contributed by atoms with Crippen LogP contribution in [0.15, 0.2) is 47.0 Å². The van der Waals surface area contributed by atoms with Crippen LogP contribution in [-0.2, 0) is 4.74 Å². The SMILES string of the molecule is CC(C)(C)OC(=O)NC1CCC(N(C(=O)O)c2c(C(=O)Nc3ccc(Cl)cn3)oc3ccccc23)CC1. The molecule has 37 heavy (non-hydrogen) atoms. The van der Waals surface area contributed by atoms with Crippen molar-refractivity contribution in [2.75, 3.05) is 10.2 Å². The number of ether oxygens (including phenoxy) is 1. The van der Waals surface area contributed by atoms with E-state index in [0.717, 1.165) is 0 Å². The van der Waals surface area contributed by atoms with Crippen molar-refractivity contribution in [3.8, 4) is 0 Å². The zero-order valence-corrected chi connectivity index (χ0v) is 21.5. The number of alkyl carbamates (subject to hydrolysis) is 1. The lowest BCUT2D eigenvalue weighted by atomic mass is 9.90. The molecule has 0 saturated heterocycles. The Kier molecular flexibility index (Phi) is 7.58. The predicted octanol–water partition coefficient (Wildman–Crippen LogP) is 6.05. The Bertz CT molecular complexity index is 1290. The molecule has 1 saturated carbocycles. The van der Waals surface area contributed by atoms with Crippen LogP contribution in [0.3, 0.4) is 0 Å². The summed E-state index contributed by atoms with van der Waals surface area (Å²) in [5.74, 6) is -0.515. The molecular formula is C26H29ClN4O6. The summed E-state index contributed by atoms with van der Waals surface area (Å²) in [4.78, 5) is 43.2. The Labute approximate surface area is 218 Å². The van der Waals surface area contributed by atoms with Gasteiger partial charge in [0.25, 0.3) is 5.91 Å². The average Bonchev–Trinajstić information content (AvgIpc) is 3.20. The molecule has 1 fully saturated rings. The van der Waals surface area contributed by atoms with E-state index in [0.29, 0.717) is 41.7 Å². The van der Waals surface area contributed by atoms with Crippen LogP contribution >= 0.6 is 11.6 Å². The fourth-order valence-corrected chi connectivity index (χ4v) is 4.55. The number of pyridine rings is 1. The van der Waals surface area contributed by atoms with E-state index in [1.54, 1.807) is 51.1 Å². The molecule has 11 heteroatoms. The number of hydrogen-bond acceptors (Lipinski definition) is 6. The first-order valence-corrected chi connectivity index (χ1v) is 12.4. The third-order valence-corrected chi connectivity index (χ3v) is 6.20. The van der Waals surface area contributed by atoms with Crippen molar-refractivity contribution in [1.82, 2.24) is 10.3 Å². The van der Waals surface area contributed by atoms with Crippen LogP contribution in [0, 0.1) is 0 Å². The van der Waals surface area contributed by atoms with Crippen molar-refractivity contribution in [3.05, 3.63) is 53.4 Å². The highest BCUT2D eigenvalue weighted by Crippen LogP contribution is 2.38. The van der Waals surface area contributed by atoms with Crippen LogP contribution in [0.5, 0.6) is 0 Å². The second-order valence-corrected chi connectivity index (χ2v) is 10.3. The van der Waals surface area contributed by atoms with E-state index in [4.69, 9.17) is 20.8 Å². The Balaban J connectivity index is 1.58. The van der Waals surface area contributed by atoms with E-state index in [9.17, 15) is 19.5 Å². The van der Waals surface area contributed by atoms with Gasteiger partial charge in [0.1, 0.15) is 22.7 Å². The van der Waals surface area contributed by atoms with Crippen LogP contribution in [0.1, 0.15) is 57.0 Å². The van der Waals surface area contributed by atoms with Crippen molar-refractivity contribution in [2.24, 2.45) is 0 Å². The number of furan rings is 1. The molecule has 0 radical (unpaired) electrons. The number of hydrogen-bond donors (Lipinski definition) is 3. The normalized spacial score (nSPS) is 17.7. The van der Waals surface area contributed by atoms with Crippen LogP contribution < -0.4 is 15.5 Å². The predicted molar refractivity (Wildman–Crippen MR) is 139 cm³/mol. The molecule has 0 bridgehead atoms. The molecule has 0 spiro atoms. The van der Waals surface area contributed by atoms with Gasteiger partial charge < -0.3 is 24.9 Å². The summed E-state index contributed by atoms with van der Waals surface area (Å²) in [6.45, 7) is 5.38. The van der Waals surface area contributed by atoms with E-state index < -0.39 is 29.7 Å². The van der Waals surface area contributed by atoms with E-state index in [-0.39, 0.29) is 23.3 Å². The van der Waals surface area contributed by atoms with Gasteiger partial charge in [-0.25, -0.2) is 14.6 Å². The van der Waals surface area contributed by atoms with Crippen LogP contribution in [0.2, 0.25) is 5.02 Å². The summed E-state index contributed by atoms with van der Waals surface area (Å²) in [5, 5.41) is 16.7. The number of benzene rings is 1. The second-order valence-electron chi connectivity index (χ2n) is 9.90. The number of nitrogens with zero attached hydrogens (tertiary/aromatic N) is 2. The zero-order valence-electron chi connectivity index (χ0n) is 20.8. The molecule has 3 amide bonds. The largest absolute Gasteiger partial charge is 0.465 e. The molecule has 3 N–H and O–H groups in total. The van der Waals surface area contributed by atoms with Crippen molar-refractivity contribution >= 4 is 52.2 Å². The van der Waals surface area contributed by atoms with Crippen molar-refractivity contribution in [3.63, 3.8) is 0 Å². The Morgan fingerprint density at radius 3 is 2.43 bits per heavy atom. The molecule has 1 aromatic carbocycles. The highest BCUT2D eigenvalue weighted by molar-refractivity contribution is 6.30. The lowest BCUT2D eigenvalue weighted by molar-refractivity contribution is 0.0490. The summed E-state index contributed by atoms with van der Waals surface area (Å²) in [5.41, 5.74) is -0.0428. The van der Waals surface area contributed by atoms with Gasteiger partial charge in [-0.15, -0.1) is 0 Å². The molecule has 10 nitrogen and oxygen atoms in total. The van der Waals surface area contributed by atoms with Gasteiger partial charge in [0.2, 0.25) is 5.76 Å². The Hall–Kier alpha value is -3.79. The van der Waals surface area contributed by atoms with Crippen LogP contribution in [0.25, 0.3) is 11.0 Å². The summed E-state index contributed by atoms with van der Waals surface area (Å²) < 4.78 is 11.2. The number of carbonyl (C=O) groups excluding carboxylic acids is 2. The molecule has 196 valence electrons. The Morgan fingerprint density at radius 1 is 1.11 bits per heavy atom. The summed E-state index contributed by atoms with van der Waals surface area (Å²) >= 11 is 5.88. The van der Waals surface area contributed by atoms with E-state index >= 15 is 0 Å². The molecule has 2 aromatic heterocycles. The number of fused-ring (bicyclic) bond motifs is 1. The first-order chi connectivity index (χ1) is 17.5. The van der Waals surface area contributed by atoms with Gasteiger partial charge in [0, 0.05) is 23.7 Å². The minimum atomic E-state index is -1.20. The van der Waals surface area contributed by atoms with Gasteiger partial charge >= 0.3 is 12.2 Å². The van der Waals surface area contributed by atoms with E-state index in [1.165, 1.54) is 17.2 Å². The monoisotopic (exact) mass is 528 g/mol. The number of carbonyl (C=O) groups is 3. The molecule has 1 aliphatic carbocycles. The third-order valence-electron chi connectivity index (χ3n) is 5.97. The molecule has 4 rings (SSSR count). The number of carboxylic acid groups (broad SMARTS) is 1. The molecule has 0 aliphatic heterocycles. The molecule has 1 aliphatic rings. The number of nitrogens with one attached hydrogen (secondary N) is 2. The maximum Gasteiger partial charge on any atom is 0.412 e. The topological polar surface area (TPSA) is 134 Å². The number of anilines is 2. The zero-order chi connectivity index (χ0) is 26.7. The van der Waals surface area contributed by atoms with Gasteiger partial charge in [0.05, 0.1) is 5.02 Å². The highest BCUT2D eigenvalue weighted by Gasteiger charge is 2.36. The molecule has 3 aromatic rings. The van der Waals surface area contributed by atoms with Gasteiger partial charge in [-0.3, -0.25) is 9.69 Å². The van der Waals surface area contributed by atoms with E-state index in [2.05, 4.69) is 15.6 Å². The maximum atomic E-state index is 13.2. The first-order valence-electron chi connectivity index (χ1n) is 12.0. The molecule has 0 atom stereocenters. The molecular weight excluding hydrogens is 500 g/mol. The van der Waals surface area contributed by atoms with E-state index in [1.807, 2.05) is 0 Å². The van der Waals surface area contributed by atoms with Crippen LogP contribution in [-0.4, -0.2) is 45.9 Å². The first kappa shape index (κ1) is 26.3. The van der Waals surface area contributed by atoms with Gasteiger partial charge in [0.15, 0.2) is 0 Å². The third kappa shape index (κ3) is 6.32. The molecule has 2 heterocycles. The standard InChI is InChI=1S/C26H29ClN4O6/c1-26(2,3)37-24(33)29-16-9-11-17(12-10-16)31(25(34)35)21-18-6-4-5-7-19(18)36-22(21)23(32)30-20-13-8-15(27)14-28-20/h4-8,13-14,16-17H,9-12H2,1-3H3,(H,29,33)(H,34,35)(H,28,30,32). The highest BCUT2D eigenvalue weighted by atomic mass is 35.5. The molecule has 0 unspecified atom stereocenters. The fourth-order valence-electron chi connectivity index (χ4n) is 4.43. The quantitative estimate of drug-likeness (QED) is 0.366. The van der Waals surface area contributed by atoms with Gasteiger partial charge in [-0.05, 0) is 70.7 Å². The maximum absolute atomic E-state index is 13.2. The van der Waals surface area contributed by atoms with Gasteiger partial charge in [-0.1, -0.05) is 23.7 Å². The lowest BCUT2D eigenvalue weighted by Crippen LogP contribution is -2.47. The van der Waals surface area contributed by atoms with Crippen molar-refractivity contribution in [1.29, 1.82) is 0 Å². The number of halogens is 1. The van der Waals surface area contributed by atoms with Gasteiger partial charge in [-0.2, -0.15) is 0 Å². The lowest BCUT2D eigenvalue weighted by Gasteiger charge is -2.35. The average molecular weight is 529 g/mol. The summed E-state index contributed by atoms with van der Waals surface area (Å²) in [6.07, 6.45) is 1.76. The van der Waals surface area contributed by atoms with Crippen molar-refractivity contribution in [2.45, 2.75) is 64.1 Å². The minimum absolute atomic E-state index is 0.130. The Morgan fingerprint density at radius 2 is 1.81 bits per heavy atom. The summed E-state index contributed by atoms with van der Waals surface area (Å²) in [7, 11) is 0. The fraction of sp³-hybridized carbons (Fsp3) is 0.385. The van der Waals surface area contributed by atoms with Crippen molar-refractivity contribution < 1.29 is 28.6 Å². The van der Waals surface area contributed by atoms with Crippen LogP contribution in [0.4, 0.5) is 21.1 Å². The summed E-state index contributed by atoms with van der Waals surface area (Å²) in [6, 6.07) is 9.46. The number of rotatable bonds is 5. The number of para-hydroxylation sites is 1. The second kappa shape index (κ2) is 10.7. The number of amides is 3.